The van der Waals surface area contributed by atoms with Gasteiger partial charge in [0, 0.05) is 11.0 Å². The Morgan fingerprint density at radius 2 is 2.04 bits per heavy atom. The molecule has 1 aromatic carbocycles. The Bertz CT molecular complexity index is 859. The van der Waals surface area contributed by atoms with Crippen molar-refractivity contribution >= 4 is 17.4 Å². The molecule has 0 aliphatic heterocycles. The number of rotatable bonds is 4. The third-order valence-electron chi connectivity index (χ3n) is 3.24. The molecule has 0 fully saturated rings. The predicted octanol–water partition coefficient (Wildman–Crippen LogP) is 3.11. The van der Waals surface area contributed by atoms with Crippen molar-refractivity contribution < 1.29 is 4.79 Å². The second-order valence-electron chi connectivity index (χ2n) is 6.04. The molecule has 2 aromatic rings. The Labute approximate surface area is 139 Å². The fourth-order valence-electron chi connectivity index (χ4n) is 2.03. The van der Waals surface area contributed by atoms with E-state index in [1.54, 1.807) is 30.3 Å². The average Bonchev–Trinajstić information content (AvgIpc) is 2.99. The maximum absolute atomic E-state index is 12.2. The van der Waals surface area contributed by atoms with Crippen LogP contribution in [0.3, 0.4) is 0 Å². The minimum absolute atomic E-state index is 0.185. The summed E-state index contributed by atoms with van der Waals surface area (Å²) in [5, 5.41) is 20.0. The molecule has 0 aliphatic carbocycles. The summed E-state index contributed by atoms with van der Waals surface area (Å²) in [4.78, 5) is 15.4. The van der Waals surface area contributed by atoms with Crippen LogP contribution >= 0.6 is 0 Å². The van der Waals surface area contributed by atoms with Gasteiger partial charge in [-0.1, -0.05) is 57.7 Å². The Balaban J connectivity index is 2.30. The van der Waals surface area contributed by atoms with Gasteiger partial charge in [0.05, 0.1) is 5.69 Å². The minimum Gasteiger partial charge on any atom is -0.356 e. The molecule has 1 aromatic heterocycles. The highest BCUT2D eigenvalue weighted by Gasteiger charge is 2.24. The van der Waals surface area contributed by atoms with E-state index < -0.39 is 5.78 Å². The Morgan fingerprint density at radius 3 is 2.58 bits per heavy atom. The standard InChI is InChI=1S/C17H16N6O/c1-17(2,3)14-12(10-18)15(21-20-14)22-23-16(19-4)13(24)11-8-6-5-7-9-11/h5-9H,1-3H3,(H2,20,21,22)/b23-16-. The molecule has 0 atom stereocenters. The lowest BCUT2D eigenvalue weighted by Gasteiger charge is -2.15. The highest BCUT2D eigenvalue weighted by Crippen LogP contribution is 2.27. The summed E-state index contributed by atoms with van der Waals surface area (Å²) in [7, 11) is 0. The van der Waals surface area contributed by atoms with E-state index in [0.29, 0.717) is 16.8 Å². The van der Waals surface area contributed by atoms with Gasteiger partial charge >= 0.3 is 5.84 Å². The van der Waals surface area contributed by atoms with Crippen LogP contribution in [-0.4, -0.2) is 21.8 Å². The highest BCUT2D eigenvalue weighted by molar-refractivity contribution is 6.48. The molecule has 0 saturated heterocycles. The van der Waals surface area contributed by atoms with Gasteiger partial charge in [-0.2, -0.15) is 15.8 Å². The number of hydrogen-bond acceptors (Lipinski definition) is 5. The van der Waals surface area contributed by atoms with Gasteiger partial charge < -0.3 is 9.64 Å². The molecular weight excluding hydrogens is 304 g/mol. The molecule has 2 N–H and O–H groups in total. The number of H-pyrrole nitrogens is 1. The monoisotopic (exact) mass is 320 g/mol. The van der Waals surface area contributed by atoms with Crippen molar-refractivity contribution in [3.63, 3.8) is 0 Å². The lowest BCUT2D eigenvalue weighted by atomic mass is 9.90. The SMILES string of the molecule is [C-]#[N+]/C(=N\Nc1n[nH]c(C(C)(C)C)c1C#N)C(=O)c1ccccc1. The third-order valence-corrected chi connectivity index (χ3v) is 3.24. The van der Waals surface area contributed by atoms with Crippen molar-refractivity contribution in [2.75, 3.05) is 5.43 Å². The number of carbonyl (C=O) groups excluding carboxylic acids is 1. The number of nitrogens with one attached hydrogen (secondary N) is 2. The van der Waals surface area contributed by atoms with Crippen LogP contribution in [0.2, 0.25) is 0 Å². The Kier molecular flexibility index (Phi) is 4.76. The number of amidine groups is 1. The van der Waals surface area contributed by atoms with E-state index in [4.69, 9.17) is 6.57 Å². The van der Waals surface area contributed by atoms with Crippen LogP contribution < -0.4 is 5.43 Å². The van der Waals surface area contributed by atoms with Crippen molar-refractivity contribution in [3.8, 4) is 6.07 Å². The number of hydrazone groups is 1. The van der Waals surface area contributed by atoms with Crippen LogP contribution in [0, 0.1) is 17.9 Å². The minimum atomic E-state index is -0.497. The van der Waals surface area contributed by atoms with Gasteiger partial charge in [-0.05, 0) is 5.10 Å². The first-order valence-electron chi connectivity index (χ1n) is 7.18. The number of ketones is 1. The first-order valence-corrected chi connectivity index (χ1v) is 7.18. The van der Waals surface area contributed by atoms with E-state index in [1.807, 2.05) is 20.8 Å². The summed E-state index contributed by atoms with van der Waals surface area (Å²) >= 11 is 0. The van der Waals surface area contributed by atoms with Crippen LogP contribution in [0.15, 0.2) is 35.4 Å². The van der Waals surface area contributed by atoms with Crippen molar-refractivity contribution in [3.05, 3.63) is 58.6 Å². The van der Waals surface area contributed by atoms with E-state index >= 15 is 0 Å². The second-order valence-corrected chi connectivity index (χ2v) is 6.04. The van der Waals surface area contributed by atoms with E-state index in [0.717, 1.165) is 0 Å². The summed E-state index contributed by atoms with van der Waals surface area (Å²) < 4.78 is 0. The number of aromatic nitrogens is 2. The fraction of sp³-hybridized carbons (Fsp3) is 0.235. The fourth-order valence-corrected chi connectivity index (χ4v) is 2.03. The predicted molar refractivity (Wildman–Crippen MR) is 90.4 cm³/mol. The van der Waals surface area contributed by atoms with E-state index in [-0.39, 0.29) is 17.1 Å². The van der Waals surface area contributed by atoms with E-state index in [2.05, 4.69) is 31.6 Å². The van der Waals surface area contributed by atoms with Gasteiger partial charge in [0.2, 0.25) is 11.6 Å². The number of anilines is 1. The normalized spacial score (nSPS) is 11.5. The number of carbonyl (C=O) groups is 1. The smallest absolute Gasteiger partial charge is 0.341 e. The zero-order valence-electron chi connectivity index (χ0n) is 13.6. The molecule has 0 aliphatic rings. The van der Waals surface area contributed by atoms with Gasteiger partial charge in [-0.3, -0.25) is 5.10 Å². The van der Waals surface area contributed by atoms with Gasteiger partial charge in [-0.25, -0.2) is 0 Å². The lowest BCUT2D eigenvalue weighted by Crippen LogP contribution is -2.14. The topological polar surface area (TPSA) is 98.3 Å². The first kappa shape index (κ1) is 16.9. The summed E-state index contributed by atoms with van der Waals surface area (Å²) in [6, 6.07) is 10.5. The largest absolute Gasteiger partial charge is 0.356 e. The summed E-state index contributed by atoms with van der Waals surface area (Å²) in [5.41, 5.74) is 3.58. The number of nitrogens with zero attached hydrogens (tertiary/aromatic N) is 4. The molecule has 0 spiro atoms. The first-order chi connectivity index (χ1) is 11.4. The molecular formula is C17H16N6O. The van der Waals surface area contributed by atoms with Gasteiger partial charge in [0.15, 0.2) is 0 Å². The quantitative estimate of drug-likeness (QED) is 0.297. The molecule has 7 heteroatoms. The molecule has 1 heterocycles. The lowest BCUT2D eigenvalue weighted by molar-refractivity contribution is 0.106. The number of aromatic amines is 1. The van der Waals surface area contributed by atoms with Crippen LogP contribution in [0.1, 0.15) is 42.4 Å². The van der Waals surface area contributed by atoms with Crippen LogP contribution in [-0.2, 0) is 5.41 Å². The van der Waals surface area contributed by atoms with E-state index in [1.165, 1.54) is 0 Å². The molecule has 7 nitrogen and oxygen atoms in total. The van der Waals surface area contributed by atoms with E-state index in [9.17, 15) is 10.1 Å². The van der Waals surface area contributed by atoms with Crippen molar-refractivity contribution in [2.45, 2.75) is 26.2 Å². The van der Waals surface area contributed by atoms with Gasteiger partial charge in [-0.15, -0.1) is 0 Å². The average molecular weight is 320 g/mol. The Hall–Kier alpha value is -3.45. The van der Waals surface area contributed by atoms with Gasteiger partial charge in [0.1, 0.15) is 11.6 Å². The zero-order valence-corrected chi connectivity index (χ0v) is 13.6. The molecule has 0 bridgehead atoms. The maximum Gasteiger partial charge on any atom is 0.341 e. The molecule has 0 unspecified atom stereocenters. The molecule has 24 heavy (non-hydrogen) atoms. The van der Waals surface area contributed by atoms with Crippen molar-refractivity contribution in [1.82, 2.24) is 10.2 Å². The maximum atomic E-state index is 12.2. The van der Waals surface area contributed by atoms with Gasteiger partial charge in [0.25, 0.3) is 0 Å². The van der Waals surface area contributed by atoms with Crippen molar-refractivity contribution in [1.29, 1.82) is 5.26 Å². The molecule has 0 saturated carbocycles. The molecule has 0 amide bonds. The van der Waals surface area contributed by atoms with Crippen LogP contribution in [0.5, 0.6) is 0 Å². The zero-order chi connectivity index (χ0) is 17.7. The molecule has 2 rings (SSSR count). The molecule has 120 valence electrons. The molecule has 0 radical (unpaired) electrons. The number of benzene rings is 1. The van der Waals surface area contributed by atoms with Crippen molar-refractivity contribution in [2.24, 2.45) is 5.10 Å². The summed E-state index contributed by atoms with van der Waals surface area (Å²) in [5.74, 6) is -0.641. The summed E-state index contributed by atoms with van der Waals surface area (Å²) in [6.07, 6.45) is 0. The Morgan fingerprint density at radius 1 is 1.38 bits per heavy atom. The summed E-state index contributed by atoms with van der Waals surface area (Å²) in [6.45, 7) is 13.0. The second kappa shape index (κ2) is 6.76. The number of hydrogen-bond donors (Lipinski definition) is 2. The number of Topliss-reactive ketones (excluding diaryl/α,β-unsaturated/α-hetero) is 1. The number of nitriles is 1. The van der Waals surface area contributed by atoms with Crippen LogP contribution in [0.4, 0.5) is 5.82 Å². The van der Waals surface area contributed by atoms with Crippen LogP contribution in [0.25, 0.3) is 4.85 Å². The highest BCUT2D eigenvalue weighted by atomic mass is 16.1. The third kappa shape index (κ3) is 3.47.